The smallest absolute Gasteiger partial charge is 0.0509 e. The van der Waals surface area contributed by atoms with Crippen LogP contribution in [0.25, 0.3) is 0 Å². The third kappa shape index (κ3) is 4.40. The van der Waals surface area contributed by atoms with Crippen molar-refractivity contribution in [2.75, 3.05) is 33.4 Å². The lowest BCUT2D eigenvalue weighted by molar-refractivity contribution is 0.0170. The van der Waals surface area contributed by atoms with Crippen molar-refractivity contribution in [2.24, 2.45) is 11.7 Å². The van der Waals surface area contributed by atoms with Gasteiger partial charge in [-0.05, 0) is 38.8 Å². The molecular formula is C13H28N2O. The first-order chi connectivity index (χ1) is 7.79. The molecule has 1 fully saturated rings. The standard InChI is InChI=1S/C13H28N2O/c1-3-4-5-8-15(2)13(10-14)12-7-6-9-16-11-12/h12-13H,3-11,14H2,1-2H3. The first-order valence-electron chi connectivity index (χ1n) is 6.77. The molecular weight excluding hydrogens is 200 g/mol. The third-order valence-electron chi connectivity index (χ3n) is 3.66. The van der Waals surface area contributed by atoms with Crippen LogP contribution in [0.15, 0.2) is 0 Å². The maximum Gasteiger partial charge on any atom is 0.0509 e. The highest BCUT2D eigenvalue weighted by Gasteiger charge is 2.25. The van der Waals surface area contributed by atoms with Crippen LogP contribution < -0.4 is 5.73 Å². The molecule has 3 heteroatoms. The first-order valence-corrected chi connectivity index (χ1v) is 6.77. The molecule has 1 saturated heterocycles. The maximum atomic E-state index is 5.91. The predicted octanol–water partition coefficient (Wildman–Crippen LogP) is 1.86. The van der Waals surface area contributed by atoms with Crippen LogP contribution in [-0.2, 0) is 4.74 Å². The summed E-state index contributed by atoms with van der Waals surface area (Å²) in [5.41, 5.74) is 5.91. The van der Waals surface area contributed by atoms with Gasteiger partial charge in [-0.3, -0.25) is 0 Å². The van der Waals surface area contributed by atoms with Crippen molar-refractivity contribution in [3.8, 4) is 0 Å². The van der Waals surface area contributed by atoms with E-state index in [4.69, 9.17) is 10.5 Å². The van der Waals surface area contributed by atoms with Crippen LogP contribution in [-0.4, -0.2) is 44.3 Å². The quantitative estimate of drug-likeness (QED) is 0.676. The number of hydrogen-bond donors (Lipinski definition) is 1. The molecule has 96 valence electrons. The number of hydrogen-bond acceptors (Lipinski definition) is 3. The number of nitrogens with two attached hydrogens (primary N) is 1. The number of nitrogens with zero attached hydrogens (tertiary/aromatic N) is 1. The van der Waals surface area contributed by atoms with E-state index in [1.165, 1.54) is 38.6 Å². The summed E-state index contributed by atoms with van der Waals surface area (Å²) in [7, 11) is 2.21. The molecule has 1 heterocycles. The second-order valence-electron chi connectivity index (χ2n) is 4.97. The van der Waals surface area contributed by atoms with Crippen molar-refractivity contribution in [1.29, 1.82) is 0 Å². The summed E-state index contributed by atoms with van der Waals surface area (Å²) < 4.78 is 5.56. The predicted molar refractivity (Wildman–Crippen MR) is 68.5 cm³/mol. The Balaban J connectivity index is 2.32. The Kier molecular flexibility index (Phi) is 7.01. The number of unbranched alkanes of at least 4 members (excludes halogenated alkanes) is 2. The van der Waals surface area contributed by atoms with Gasteiger partial charge in [0.1, 0.15) is 0 Å². The third-order valence-corrected chi connectivity index (χ3v) is 3.66. The molecule has 0 aromatic carbocycles. The minimum Gasteiger partial charge on any atom is -0.381 e. The molecule has 2 N–H and O–H groups in total. The van der Waals surface area contributed by atoms with E-state index in [1.54, 1.807) is 0 Å². The number of rotatable bonds is 7. The summed E-state index contributed by atoms with van der Waals surface area (Å²) in [5, 5.41) is 0. The van der Waals surface area contributed by atoms with E-state index in [1.807, 2.05) is 0 Å². The van der Waals surface area contributed by atoms with Crippen LogP contribution in [0.4, 0.5) is 0 Å². The molecule has 3 nitrogen and oxygen atoms in total. The lowest BCUT2D eigenvalue weighted by Gasteiger charge is -2.35. The monoisotopic (exact) mass is 228 g/mol. The molecule has 1 aliphatic rings. The van der Waals surface area contributed by atoms with Crippen molar-refractivity contribution >= 4 is 0 Å². The number of likely N-dealkylation sites (N-methyl/N-ethyl adjacent to an activating group) is 1. The van der Waals surface area contributed by atoms with Crippen LogP contribution in [0.2, 0.25) is 0 Å². The summed E-state index contributed by atoms with van der Waals surface area (Å²) in [6.45, 7) is 6.02. The van der Waals surface area contributed by atoms with Crippen LogP contribution >= 0.6 is 0 Å². The van der Waals surface area contributed by atoms with Gasteiger partial charge in [-0.25, -0.2) is 0 Å². The molecule has 0 radical (unpaired) electrons. The normalized spacial score (nSPS) is 23.6. The van der Waals surface area contributed by atoms with Gasteiger partial charge in [-0.2, -0.15) is 0 Å². The Morgan fingerprint density at radius 3 is 2.81 bits per heavy atom. The topological polar surface area (TPSA) is 38.5 Å². The Morgan fingerprint density at radius 2 is 2.25 bits per heavy atom. The summed E-state index contributed by atoms with van der Waals surface area (Å²) in [5.74, 6) is 0.644. The Morgan fingerprint density at radius 1 is 1.44 bits per heavy atom. The molecule has 1 aliphatic heterocycles. The lowest BCUT2D eigenvalue weighted by atomic mass is 9.92. The van der Waals surface area contributed by atoms with Gasteiger partial charge in [0.25, 0.3) is 0 Å². The molecule has 1 rings (SSSR count). The zero-order valence-electron chi connectivity index (χ0n) is 11.0. The van der Waals surface area contributed by atoms with Crippen LogP contribution in [0, 0.1) is 5.92 Å². The summed E-state index contributed by atoms with van der Waals surface area (Å²) in [6, 6.07) is 0.511. The Labute approximate surface area is 100 Å². The van der Waals surface area contributed by atoms with Gasteiger partial charge in [0, 0.05) is 19.2 Å². The zero-order chi connectivity index (χ0) is 11.8. The highest BCUT2D eigenvalue weighted by molar-refractivity contribution is 4.80. The van der Waals surface area contributed by atoms with E-state index in [9.17, 15) is 0 Å². The second kappa shape index (κ2) is 8.04. The molecule has 16 heavy (non-hydrogen) atoms. The lowest BCUT2D eigenvalue weighted by Crippen LogP contribution is -2.46. The van der Waals surface area contributed by atoms with Gasteiger partial charge in [-0.15, -0.1) is 0 Å². The fraction of sp³-hybridized carbons (Fsp3) is 1.00. The Bertz CT molecular complexity index is 169. The molecule has 0 aromatic rings. The van der Waals surface area contributed by atoms with Gasteiger partial charge in [-0.1, -0.05) is 19.8 Å². The van der Waals surface area contributed by atoms with Crippen molar-refractivity contribution in [2.45, 2.75) is 45.1 Å². The largest absolute Gasteiger partial charge is 0.381 e. The summed E-state index contributed by atoms with van der Waals surface area (Å²) in [4.78, 5) is 2.44. The van der Waals surface area contributed by atoms with E-state index in [-0.39, 0.29) is 0 Å². The molecule has 0 bridgehead atoms. The summed E-state index contributed by atoms with van der Waals surface area (Å²) >= 11 is 0. The fourth-order valence-electron chi connectivity index (χ4n) is 2.58. The number of ether oxygens (including phenoxy) is 1. The average Bonchev–Trinajstić information content (AvgIpc) is 2.32. The second-order valence-corrected chi connectivity index (χ2v) is 4.97. The minimum absolute atomic E-state index is 0.511. The van der Waals surface area contributed by atoms with Crippen molar-refractivity contribution < 1.29 is 4.74 Å². The molecule has 0 spiro atoms. The van der Waals surface area contributed by atoms with E-state index in [2.05, 4.69) is 18.9 Å². The van der Waals surface area contributed by atoms with Gasteiger partial charge < -0.3 is 15.4 Å². The molecule has 0 aromatic heterocycles. The van der Waals surface area contributed by atoms with Crippen molar-refractivity contribution in [3.63, 3.8) is 0 Å². The molecule has 0 amide bonds. The van der Waals surface area contributed by atoms with Gasteiger partial charge in [0.15, 0.2) is 0 Å². The average molecular weight is 228 g/mol. The summed E-state index contributed by atoms with van der Waals surface area (Å²) in [6.07, 6.45) is 6.37. The van der Waals surface area contributed by atoms with Crippen LogP contribution in [0.1, 0.15) is 39.0 Å². The van der Waals surface area contributed by atoms with E-state index < -0.39 is 0 Å². The van der Waals surface area contributed by atoms with Crippen molar-refractivity contribution in [3.05, 3.63) is 0 Å². The molecule has 0 saturated carbocycles. The SMILES string of the molecule is CCCCCN(C)C(CN)C1CCCOC1. The van der Waals surface area contributed by atoms with E-state index in [0.29, 0.717) is 12.0 Å². The zero-order valence-corrected chi connectivity index (χ0v) is 11.0. The van der Waals surface area contributed by atoms with Gasteiger partial charge in [0.2, 0.25) is 0 Å². The Hall–Kier alpha value is -0.120. The molecule has 0 aliphatic carbocycles. The van der Waals surface area contributed by atoms with E-state index in [0.717, 1.165) is 19.8 Å². The highest BCUT2D eigenvalue weighted by Crippen LogP contribution is 2.20. The van der Waals surface area contributed by atoms with Crippen molar-refractivity contribution in [1.82, 2.24) is 4.90 Å². The maximum absolute atomic E-state index is 5.91. The van der Waals surface area contributed by atoms with Crippen LogP contribution in [0.5, 0.6) is 0 Å². The highest BCUT2D eigenvalue weighted by atomic mass is 16.5. The van der Waals surface area contributed by atoms with Crippen LogP contribution in [0.3, 0.4) is 0 Å². The van der Waals surface area contributed by atoms with Gasteiger partial charge >= 0.3 is 0 Å². The molecule has 2 unspecified atom stereocenters. The minimum atomic E-state index is 0.511. The molecule has 2 atom stereocenters. The van der Waals surface area contributed by atoms with E-state index >= 15 is 0 Å². The first kappa shape index (κ1) is 13.9. The van der Waals surface area contributed by atoms with Gasteiger partial charge in [0.05, 0.1) is 6.61 Å². The fourth-order valence-corrected chi connectivity index (χ4v) is 2.58.